The molecule has 1 aromatic rings. The van der Waals surface area contributed by atoms with Crippen molar-refractivity contribution >= 4 is 0 Å². The highest BCUT2D eigenvalue weighted by Gasteiger charge is 2.02. The van der Waals surface area contributed by atoms with Crippen molar-refractivity contribution < 1.29 is 9.13 Å². The number of rotatable bonds is 8. The summed E-state index contributed by atoms with van der Waals surface area (Å²) in [6.07, 6.45) is 2.76. The molecule has 17 heavy (non-hydrogen) atoms. The summed E-state index contributed by atoms with van der Waals surface area (Å²) in [5, 5.41) is 3.40. The van der Waals surface area contributed by atoms with Gasteiger partial charge in [0.15, 0.2) is 0 Å². The van der Waals surface area contributed by atoms with Crippen LogP contribution in [0.2, 0.25) is 0 Å². The summed E-state index contributed by atoms with van der Waals surface area (Å²) in [4.78, 5) is 0. The number of hydrogen-bond acceptors (Lipinski definition) is 2. The van der Waals surface area contributed by atoms with Crippen molar-refractivity contribution in [1.82, 2.24) is 5.32 Å². The first-order valence-electron chi connectivity index (χ1n) is 6.19. The molecule has 0 spiro atoms. The molecule has 1 unspecified atom stereocenters. The molecule has 3 heteroatoms. The van der Waals surface area contributed by atoms with Crippen molar-refractivity contribution in [3.05, 3.63) is 35.6 Å². The maximum atomic E-state index is 13.3. The lowest BCUT2D eigenvalue weighted by Crippen LogP contribution is -2.28. The van der Waals surface area contributed by atoms with Gasteiger partial charge < -0.3 is 10.1 Å². The van der Waals surface area contributed by atoms with E-state index in [4.69, 9.17) is 4.74 Å². The summed E-state index contributed by atoms with van der Waals surface area (Å²) in [7, 11) is 1.71. The largest absolute Gasteiger partial charge is 0.385 e. The van der Waals surface area contributed by atoms with Crippen LogP contribution in [-0.4, -0.2) is 26.3 Å². The van der Waals surface area contributed by atoms with Gasteiger partial charge in [-0.2, -0.15) is 0 Å². The van der Waals surface area contributed by atoms with E-state index >= 15 is 0 Å². The second kappa shape index (κ2) is 8.20. The minimum atomic E-state index is -0.0973. The molecule has 0 amide bonds. The molecule has 1 N–H and O–H groups in total. The minimum absolute atomic E-state index is 0.0973. The van der Waals surface area contributed by atoms with Gasteiger partial charge in [-0.1, -0.05) is 18.2 Å². The second-order valence-electron chi connectivity index (χ2n) is 4.33. The topological polar surface area (TPSA) is 21.3 Å². The first-order valence-corrected chi connectivity index (χ1v) is 6.19. The lowest BCUT2D eigenvalue weighted by molar-refractivity contribution is 0.185. The Morgan fingerprint density at radius 2 is 2.12 bits per heavy atom. The van der Waals surface area contributed by atoms with Crippen LogP contribution in [0.25, 0.3) is 0 Å². The van der Waals surface area contributed by atoms with Crippen molar-refractivity contribution in [2.45, 2.75) is 32.2 Å². The molecular formula is C14H22FNO. The van der Waals surface area contributed by atoms with Crippen molar-refractivity contribution in [2.24, 2.45) is 0 Å². The molecule has 0 heterocycles. The van der Waals surface area contributed by atoms with E-state index in [-0.39, 0.29) is 5.82 Å². The van der Waals surface area contributed by atoms with Crippen LogP contribution in [0.4, 0.5) is 4.39 Å². The standard InChI is InChI=1S/C14H22FNO/c1-12(9-11-17-2)16-10-5-7-13-6-3-4-8-14(13)15/h3-4,6,8,12,16H,5,7,9-11H2,1-2H3. The molecular weight excluding hydrogens is 217 g/mol. The van der Waals surface area contributed by atoms with Crippen LogP contribution >= 0.6 is 0 Å². The molecule has 1 rings (SSSR count). The molecule has 2 nitrogen and oxygen atoms in total. The van der Waals surface area contributed by atoms with Gasteiger partial charge in [0, 0.05) is 19.8 Å². The predicted octanol–water partition coefficient (Wildman–Crippen LogP) is 2.77. The Morgan fingerprint density at radius 1 is 1.35 bits per heavy atom. The third kappa shape index (κ3) is 5.80. The molecule has 0 aliphatic rings. The van der Waals surface area contributed by atoms with Gasteiger partial charge in [0.2, 0.25) is 0 Å². The lowest BCUT2D eigenvalue weighted by Gasteiger charge is -2.13. The van der Waals surface area contributed by atoms with Crippen LogP contribution in [-0.2, 0) is 11.2 Å². The number of benzene rings is 1. The summed E-state index contributed by atoms with van der Waals surface area (Å²) in [5.74, 6) is -0.0973. The first kappa shape index (κ1) is 14.1. The van der Waals surface area contributed by atoms with E-state index < -0.39 is 0 Å². The Morgan fingerprint density at radius 3 is 2.82 bits per heavy atom. The van der Waals surface area contributed by atoms with Gasteiger partial charge in [0.1, 0.15) is 5.82 Å². The number of aryl methyl sites for hydroxylation is 1. The van der Waals surface area contributed by atoms with Gasteiger partial charge >= 0.3 is 0 Å². The van der Waals surface area contributed by atoms with Gasteiger partial charge in [0.25, 0.3) is 0 Å². The van der Waals surface area contributed by atoms with E-state index in [2.05, 4.69) is 12.2 Å². The zero-order chi connectivity index (χ0) is 12.5. The van der Waals surface area contributed by atoms with Crippen LogP contribution in [0.3, 0.4) is 0 Å². The van der Waals surface area contributed by atoms with E-state index in [1.54, 1.807) is 13.2 Å². The normalized spacial score (nSPS) is 12.6. The van der Waals surface area contributed by atoms with E-state index in [0.29, 0.717) is 6.04 Å². The van der Waals surface area contributed by atoms with Gasteiger partial charge in [0.05, 0.1) is 0 Å². The third-order valence-electron chi connectivity index (χ3n) is 2.83. The Labute approximate surface area is 103 Å². The summed E-state index contributed by atoms with van der Waals surface area (Å²) in [5.41, 5.74) is 0.804. The molecule has 0 fully saturated rings. The summed E-state index contributed by atoms with van der Waals surface area (Å²) in [6, 6.07) is 7.43. The van der Waals surface area contributed by atoms with Crippen molar-refractivity contribution in [3.63, 3.8) is 0 Å². The number of halogens is 1. The summed E-state index contributed by atoms with van der Waals surface area (Å²) < 4.78 is 18.3. The molecule has 0 saturated carbocycles. The molecule has 96 valence electrons. The maximum absolute atomic E-state index is 13.3. The van der Waals surface area contributed by atoms with Crippen LogP contribution in [0, 0.1) is 5.82 Å². The molecule has 0 saturated heterocycles. The van der Waals surface area contributed by atoms with E-state index in [9.17, 15) is 4.39 Å². The van der Waals surface area contributed by atoms with Gasteiger partial charge in [-0.25, -0.2) is 4.39 Å². The smallest absolute Gasteiger partial charge is 0.126 e. The Hall–Kier alpha value is -0.930. The summed E-state index contributed by atoms with van der Waals surface area (Å²) in [6.45, 7) is 3.84. The quantitative estimate of drug-likeness (QED) is 0.704. The molecule has 1 atom stereocenters. The summed E-state index contributed by atoms with van der Waals surface area (Å²) >= 11 is 0. The second-order valence-corrected chi connectivity index (χ2v) is 4.33. The Bertz CT molecular complexity index is 317. The van der Waals surface area contributed by atoms with Crippen molar-refractivity contribution in [1.29, 1.82) is 0 Å². The van der Waals surface area contributed by atoms with Crippen LogP contribution in [0.15, 0.2) is 24.3 Å². The maximum Gasteiger partial charge on any atom is 0.126 e. The molecule has 0 aromatic heterocycles. The highest BCUT2D eigenvalue weighted by atomic mass is 19.1. The first-order chi connectivity index (χ1) is 8.24. The minimum Gasteiger partial charge on any atom is -0.385 e. The molecule has 0 aliphatic carbocycles. The predicted molar refractivity (Wildman–Crippen MR) is 68.7 cm³/mol. The number of methoxy groups -OCH3 is 1. The fourth-order valence-electron chi connectivity index (χ4n) is 1.73. The average molecular weight is 239 g/mol. The average Bonchev–Trinajstić information content (AvgIpc) is 2.34. The highest BCUT2D eigenvalue weighted by molar-refractivity contribution is 5.17. The number of ether oxygens (including phenoxy) is 1. The van der Waals surface area contributed by atoms with E-state index in [1.807, 2.05) is 12.1 Å². The van der Waals surface area contributed by atoms with E-state index in [1.165, 1.54) is 6.07 Å². The zero-order valence-corrected chi connectivity index (χ0v) is 10.7. The fraction of sp³-hybridized carbons (Fsp3) is 0.571. The molecule has 0 radical (unpaired) electrons. The van der Waals surface area contributed by atoms with Gasteiger partial charge in [-0.15, -0.1) is 0 Å². The molecule has 0 bridgehead atoms. The molecule has 0 aliphatic heterocycles. The third-order valence-corrected chi connectivity index (χ3v) is 2.83. The Kier molecular flexibility index (Phi) is 6.82. The van der Waals surface area contributed by atoms with Gasteiger partial charge in [-0.3, -0.25) is 0 Å². The monoisotopic (exact) mass is 239 g/mol. The zero-order valence-electron chi connectivity index (χ0n) is 10.7. The van der Waals surface area contributed by atoms with Crippen LogP contribution < -0.4 is 5.32 Å². The molecule has 1 aromatic carbocycles. The van der Waals surface area contributed by atoms with Crippen molar-refractivity contribution in [2.75, 3.05) is 20.3 Å². The van der Waals surface area contributed by atoms with Gasteiger partial charge in [-0.05, 0) is 44.4 Å². The van der Waals surface area contributed by atoms with Crippen LogP contribution in [0.1, 0.15) is 25.3 Å². The van der Waals surface area contributed by atoms with E-state index in [0.717, 1.165) is 38.0 Å². The lowest BCUT2D eigenvalue weighted by atomic mass is 10.1. The number of hydrogen-bond donors (Lipinski definition) is 1. The van der Waals surface area contributed by atoms with Crippen LogP contribution in [0.5, 0.6) is 0 Å². The number of nitrogens with one attached hydrogen (secondary N) is 1. The fourth-order valence-corrected chi connectivity index (χ4v) is 1.73. The van der Waals surface area contributed by atoms with Crippen molar-refractivity contribution in [3.8, 4) is 0 Å². The Balaban J connectivity index is 2.14. The SMILES string of the molecule is COCCC(C)NCCCc1ccccc1F. The highest BCUT2D eigenvalue weighted by Crippen LogP contribution is 2.08.